The Balaban J connectivity index is 2.26. The minimum absolute atomic E-state index is 0.564. The van der Waals surface area contributed by atoms with Gasteiger partial charge in [0.1, 0.15) is 0 Å². The Morgan fingerprint density at radius 1 is 1.60 bits per heavy atom. The van der Waals surface area contributed by atoms with Crippen LogP contribution < -0.4 is 10.2 Å². The van der Waals surface area contributed by atoms with Crippen molar-refractivity contribution in [1.29, 1.82) is 0 Å². The first kappa shape index (κ1) is 11.1. The second-order valence-corrected chi connectivity index (χ2v) is 5.24. The van der Waals surface area contributed by atoms with Crippen molar-refractivity contribution in [3.05, 3.63) is 23.2 Å². The van der Waals surface area contributed by atoms with Crippen molar-refractivity contribution in [1.82, 2.24) is 5.32 Å². The molecule has 0 saturated carbocycles. The molecule has 2 nitrogen and oxygen atoms in total. The fourth-order valence-electron chi connectivity index (χ4n) is 1.82. The molecule has 1 heterocycles. The summed E-state index contributed by atoms with van der Waals surface area (Å²) >= 11 is 7.87. The molecule has 4 heteroatoms. The molecule has 15 heavy (non-hydrogen) atoms. The Morgan fingerprint density at radius 3 is 3.13 bits per heavy atom. The van der Waals surface area contributed by atoms with Crippen LogP contribution in [-0.2, 0) is 0 Å². The third kappa shape index (κ3) is 2.25. The van der Waals surface area contributed by atoms with E-state index in [1.54, 1.807) is 0 Å². The number of rotatable bonds is 2. The quantitative estimate of drug-likeness (QED) is 0.858. The summed E-state index contributed by atoms with van der Waals surface area (Å²) in [6.45, 7) is 1.02. The summed E-state index contributed by atoms with van der Waals surface area (Å²) in [4.78, 5) is 3.62. The number of hydrogen-bond donors (Lipinski definition) is 1. The number of benzene rings is 1. The average molecular weight is 243 g/mol. The van der Waals surface area contributed by atoms with E-state index in [2.05, 4.69) is 23.3 Å². The smallest absolute Gasteiger partial charge is 0.0506 e. The molecular weight excluding hydrogens is 228 g/mol. The van der Waals surface area contributed by atoms with Gasteiger partial charge in [-0.3, -0.25) is 0 Å². The van der Waals surface area contributed by atoms with Gasteiger partial charge in [-0.2, -0.15) is 0 Å². The lowest BCUT2D eigenvalue weighted by molar-refractivity contribution is 0.629. The van der Waals surface area contributed by atoms with Crippen LogP contribution in [0.1, 0.15) is 0 Å². The van der Waals surface area contributed by atoms with Crippen molar-refractivity contribution in [2.75, 3.05) is 31.3 Å². The van der Waals surface area contributed by atoms with Gasteiger partial charge in [-0.15, -0.1) is 11.8 Å². The normalized spacial score (nSPS) is 20.2. The van der Waals surface area contributed by atoms with Crippen molar-refractivity contribution in [3.8, 4) is 0 Å². The van der Waals surface area contributed by atoms with Crippen LogP contribution in [0.25, 0.3) is 0 Å². The molecule has 1 N–H and O–H groups in total. The molecule has 1 aromatic rings. The van der Waals surface area contributed by atoms with E-state index in [1.165, 1.54) is 10.6 Å². The number of anilines is 1. The van der Waals surface area contributed by atoms with Gasteiger partial charge in [0.15, 0.2) is 0 Å². The average Bonchev–Trinajstić information content (AvgIpc) is 2.22. The van der Waals surface area contributed by atoms with Crippen molar-refractivity contribution in [2.24, 2.45) is 0 Å². The summed E-state index contributed by atoms with van der Waals surface area (Å²) in [5.74, 6) is 1.12. The fourth-order valence-corrected chi connectivity index (χ4v) is 3.34. The fraction of sp³-hybridized carbons (Fsp3) is 0.455. The second kappa shape index (κ2) is 4.64. The molecule has 0 amide bonds. The maximum Gasteiger partial charge on any atom is 0.0506 e. The van der Waals surface area contributed by atoms with E-state index in [0.717, 1.165) is 17.3 Å². The monoisotopic (exact) mass is 242 g/mol. The Hall–Kier alpha value is -0.380. The predicted molar refractivity (Wildman–Crippen MR) is 68.3 cm³/mol. The molecule has 2 rings (SSSR count). The van der Waals surface area contributed by atoms with Crippen LogP contribution in [0.4, 0.5) is 5.69 Å². The van der Waals surface area contributed by atoms with Gasteiger partial charge in [0.2, 0.25) is 0 Å². The Kier molecular flexibility index (Phi) is 3.44. The maximum absolute atomic E-state index is 5.98. The number of likely N-dealkylation sites (N-methyl/N-ethyl adjacent to an activating group) is 2. The van der Waals surface area contributed by atoms with Gasteiger partial charge >= 0.3 is 0 Å². The lowest BCUT2D eigenvalue weighted by atomic mass is 10.2. The van der Waals surface area contributed by atoms with Gasteiger partial charge in [-0.25, -0.2) is 0 Å². The second-order valence-electron chi connectivity index (χ2n) is 3.75. The van der Waals surface area contributed by atoms with Gasteiger partial charge in [0.05, 0.1) is 11.7 Å². The molecule has 0 aromatic heterocycles. The predicted octanol–water partition coefficient (Wildman–Crippen LogP) is 2.47. The lowest BCUT2D eigenvalue weighted by Crippen LogP contribution is -2.43. The van der Waals surface area contributed by atoms with Gasteiger partial charge in [0.25, 0.3) is 0 Å². The lowest BCUT2D eigenvalue weighted by Gasteiger charge is -2.35. The first-order valence-corrected chi connectivity index (χ1v) is 6.38. The summed E-state index contributed by atoms with van der Waals surface area (Å²) in [6.07, 6.45) is 0. The summed E-state index contributed by atoms with van der Waals surface area (Å²) in [5, 5.41) is 4.05. The van der Waals surface area contributed by atoms with Crippen molar-refractivity contribution < 1.29 is 0 Å². The van der Waals surface area contributed by atoms with Crippen LogP contribution in [0.15, 0.2) is 23.1 Å². The van der Waals surface area contributed by atoms with Crippen molar-refractivity contribution >= 4 is 29.1 Å². The minimum atomic E-state index is 0.564. The zero-order valence-electron chi connectivity index (χ0n) is 8.96. The molecule has 0 aliphatic carbocycles. The maximum atomic E-state index is 5.98. The molecule has 0 radical (unpaired) electrons. The standard InChI is InChI=1S/C11H15ClN2S/c1-13-6-9-7-15-11-5-8(12)3-4-10(11)14(9)2/h3-5,9,13H,6-7H2,1-2H3. The molecule has 1 unspecified atom stereocenters. The molecule has 82 valence electrons. The van der Waals surface area contributed by atoms with Crippen LogP contribution in [0, 0.1) is 0 Å². The molecule has 0 bridgehead atoms. The molecule has 0 fully saturated rings. The minimum Gasteiger partial charge on any atom is -0.369 e. The highest BCUT2D eigenvalue weighted by Crippen LogP contribution is 2.37. The van der Waals surface area contributed by atoms with Crippen LogP contribution in [-0.4, -0.2) is 32.4 Å². The summed E-state index contributed by atoms with van der Waals surface area (Å²) in [6, 6.07) is 6.67. The topological polar surface area (TPSA) is 15.3 Å². The van der Waals surface area contributed by atoms with E-state index in [4.69, 9.17) is 11.6 Å². The van der Waals surface area contributed by atoms with E-state index >= 15 is 0 Å². The van der Waals surface area contributed by atoms with E-state index in [1.807, 2.05) is 30.9 Å². The molecule has 1 aliphatic heterocycles. The molecule has 0 spiro atoms. The number of hydrogen-bond acceptors (Lipinski definition) is 3. The third-order valence-corrected chi connectivity index (χ3v) is 4.15. The number of halogens is 1. The zero-order valence-corrected chi connectivity index (χ0v) is 10.5. The number of fused-ring (bicyclic) bond motifs is 1. The first-order chi connectivity index (χ1) is 7.22. The van der Waals surface area contributed by atoms with Crippen LogP contribution >= 0.6 is 23.4 Å². The van der Waals surface area contributed by atoms with E-state index < -0.39 is 0 Å². The van der Waals surface area contributed by atoms with Crippen LogP contribution in [0.3, 0.4) is 0 Å². The Morgan fingerprint density at radius 2 is 2.40 bits per heavy atom. The number of nitrogens with zero attached hydrogens (tertiary/aromatic N) is 1. The number of nitrogens with one attached hydrogen (secondary N) is 1. The van der Waals surface area contributed by atoms with E-state index in [9.17, 15) is 0 Å². The van der Waals surface area contributed by atoms with Gasteiger partial charge in [-0.1, -0.05) is 11.6 Å². The highest BCUT2D eigenvalue weighted by Gasteiger charge is 2.23. The van der Waals surface area contributed by atoms with Crippen LogP contribution in [0.5, 0.6) is 0 Å². The molecule has 1 aliphatic rings. The van der Waals surface area contributed by atoms with Crippen LogP contribution in [0.2, 0.25) is 5.02 Å². The molecule has 0 saturated heterocycles. The third-order valence-electron chi connectivity index (χ3n) is 2.72. The van der Waals surface area contributed by atoms with Gasteiger partial charge < -0.3 is 10.2 Å². The van der Waals surface area contributed by atoms with E-state index in [0.29, 0.717) is 6.04 Å². The molecule has 1 atom stereocenters. The first-order valence-electron chi connectivity index (χ1n) is 5.02. The van der Waals surface area contributed by atoms with Gasteiger partial charge in [-0.05, 0) is 25.2 Å². The largest absolute Gasteiger partial charge is 0.369 e. The Bertz CT molecular complexity index is 356. The number of thioether (sulfide) groups is 1. The summed E-state index contributed by atoms with van der Waals surface area (Å²) < 4.78 is 0. The van der Waals surface area contributed by atoms with Crippen molar-refractivity contribution in [3.63, 3.8) is 0 Å². The summed E-state index contributed by atoms with van der Waals surface area (Å²) in [5.41, 5.74) is 1.29. The van der Waals surface area contributed by atoms with Gasteiger partial charge in [0, 0.05) is 29.3 Å². The van der Waals surface area contributed by atoms with Crippen molar-refractivity contribution in [2.45, 2.75) is 10.9 Å². The SMILES string of the molecule is CNCC1CSc2cc(Cl)ccc2N1C. The highest BCUT2D eigenvalue weighted by atomic mass is 35.5. The summed E-state index contributed by atoms with van der Waals surface area (Å²) in [7, 11) is 4.14. The van der Waals surface area contributed by atoms with E-state index in [-0.39, 0.29) is 0 Å². The Labute approximate surface area is 100.0 Å². The molecule has 1 aromatic carbocycles. The molecular formula is C11H15ClN2S. The zero-order chi connectivity index (χ0) is 10.8. The highest BCUT2D eigenvalue weighted by molar-refractivity contribution is 7.99.